The van der Waals surface area contributed by atoms with Gasteiger partial charge >= 0.3 is 5.97 Å². The van der Waals surface area contributed by atoms with E-state index in [4.69, 9.17) is 0 Å². The summed E-state index contributed by atoms with van der Waals surface area (Å²) in [6.45, 7) is 0.296. The maximum Gasteiger partial charge on any atom is 0.326 e. The van der Waals surface area contributed by atoms with Crippen molar-refractivity contribution in [2.45, 2.75) is 19.0 Å². The van der Waals surface area contributed by atoms with E-state index in [0.29, 0.717) is 17.7 Å². The summed E-state index contributed by atoms with van der Waals surface area (Å²) in [4.78, 5) is 25.4. The van der Waals surface area contributed by atoms with E-state index in [2.05, 4.69) is 0 Å². The highest BCUT2D eigenvalue weighted by atomic mass is 16.4. The van der Waals surface area contributed by atoms with Gasteiger partial charge in [-0.15, -0.1) is 0 Å². The summed E-state index contributed by atoms with van der Waals surface area (Å²) in [7, 11) is 0. The minimum absolute atomic E-state index is 0.0812. The number of nitrogens with zero attached hydrogens (tertiary/aromatic N) is 1. The lowest BCUT2D eigenvalue weighted by Crippen LogP contribution is -2.42. The van der Waals surface area contributed by atoms with Gasteiger partial charge in [0, 0.05) is 18.5 Å². The van der Waals surface area contributed by atoms with Crippen molar-refractivity contribution in [1.29, 1.82) is 0 Å². The van der Waals surface area contributed by atoms with Gasteiger partial charge in [0.1, 0.15) is 11.8 Å². The number of benzene rings is 2. The Hall–Kier alpha value is -2.82. The van der Waals surface area contributed by atoms with Gasteiger partial charge in [-0.05, 0) is 29.3 Å². The quantitative estimate of drug-likeness (QED) is 0.905. The van der Waals surface area contributed by atoms with Crippen LogP contribution in [0.3, 0.4) is 0 Å². The molecule has 112 valence electrons. The van der Waals surface area contributed by atoms with E-state index < -0.39 is 12.0 Å². The summed E-state index contributed by atoms with van der Waals surface area (Å²) < 4.78 is 0. The van der Waals surface area contributed by atoms with E-state index >= 15 is 0 Å². The van der Waals surface area contributed by atoms with Crippen molar-refractivity contribution < 1.29 is 19.8 Å². The van der Waals surface area contributed by atoms with Crippen molar-refractivity contribution in [3.63, 3.8) is 0 Å². The Kier molecular flexibility index (Phi) is 3.55. The average molecular weight is 297 g/mol. The zero-order valence-corrected chi connectivity index (χ0v) is 11.8. The molecule has 0 saturated carbocycles. The number of aromatic hydroxyl groups is 1. The summed E-state index contributed by atoms with van der Waals surface area (Å²) in [5.74, 6) is -1.23. The van der Waals surface area contributed by atoms with E-state index in [1.165, 1.54) is 17.0 Å². The Labute approximate surface area is 127 Å². The molecule has 0 aromatic heterocycles. The van der Waals surface area contributed by atoms with Crippen LogP contribution in [0.5, 0.6) is 5.75 Å². The lowest BCUT2D eigenvalue weighted by atomic mass is 10.0. The molecule has 0 unspecified atom stereocenters. The molecule has 3 rings (SSSR count). The largest absolute Gasteiger partial charge is 0.508 e. The molecule has 0 saturated heterocycles. The number of aliphatic carboxylic acids is 1. The summed E-state index contributed by atoms with van der Waals surface area (Å²) >= 11 is 0. The second-order valence-electron chi connectivity index (χ2n) is 5.32. The molecule has 0 spiro atoms. The molecule has 1 heterocycles. The van der Waals surface area contributed by atoms with Crippen LogP contribution in [-0.4, -0.2) is 33.0 Å². The number of hydrogen-bond acceptors (Lipinski definition) is 3. The van der Waals surface area contributed by atoms with Crippen LogP contribution in [0.25, 0.3) is 0 Å². The van der Waals surface area contributed by atoms with Crippen LogP contribution in [0.4, 0.5) is 0 Å². The first kappa shape index (κ1) is 14.1. The second kappa shape index (κ2) is 5.52. The first-order valence-corrected chi connectivity index (χ1v) is 6.96. The summed E-state index contributed by atoms with van der Waals surface area (Å²) in [6.07, 6.45) is 0.156. The molecule has 2 N–H and O–H groups in total. The fraction of sp³-hybridized carbons (Fsp3) is 0.176. The van der Waals surface area contributed by atoms with E-state index in [0.717, 1.165) is 5.56 Å². The third kappa shape index (κ3) is 2.53. The molecule has 0 aliphatic carbocycles. The predicted molar refractivity (Wildman–Crippen MR) is 79.6 cm³/mol. The van der Waals surface area contributed by atoms with Crippen molar-refractivity contribution >= 4 is 11.9 Å². The first-order valence-electron chi connectivity index (χ1n) is 6.96. The van der Waals surface area contributed by atoms with Crippen molar-refractivity contribution in [2.75, 3.05) is 0 Å². The summed E-state index contributed by atoms with van der Waals surface area (Å²) in [5, 5.41) is 19.0. The van der Waals surface area contributed by atoms with Gasteiger partial charge in [-0.25, -0.2) is 4.79 Å². The highest BCUT2D eigenvalue weighted by Gasteiger charge is 2.36. The molecule has 22 heavy (non-hydrogen) atoms. The molecule has 5 nitrogen and oxygen atoms in total. The van der Waals surface area contributed by atoms with Crippen molar-refractivity contribution in [2.24, 2.45) is 0 Å². The molecule has 5 heteroatoms. The zero-order valence-electron chi connectivity index (χ0n) is 11.8. The van der Waals surface area contributed by atoms with Gasteiger partial charge in [-0.1, -0.05) is 30.3 Å². The number of amides is 1. The molecule has 2 aromatic rings. The van der Waals surface area contributed by atoms with Crippen LogP contribution in [0.15, 0.2) is 48.5 Å². The number of carbonyl (C=O) groups is 2. The minimum Gasteiger partial charge on any atom is -0.508 e. The normalized spacial score (nSPS) is 14.7. The molecular weight excluding hydrogens is 282 g/mol. The van der Waals surface area contributed by atoms with E-state index in [1.807, 2.05) is 12.1 Å². The highest BCUT2D eigenvalue weighted by Crippen LogP contribution is 2.26. The van der Waals surface area contributed by atoms with Crippen molar-refractivity contribution in [3.05, 3.63) is 65.2 Å². The monoisotopic (exact) mass is 297 g/mol. The fourth-order valence-corrected chi connectivity index (χ4v) is 2.77. The average Bonchev–Trinajstić information content (AvgIpc) is 2.82. The summed E-state index contributed by atoms with van der Waals surface area (Å²) in [6, 6.07) is 12.6. The molecular formula is C17H15NO4. The number of phenols is 1. The molecule has 0 radical (unpaired) electrons. The van der Waals surface area contributed by atoms with Crippen LogP contribution < -0.4 is 0 Å². The molecule has 1 atom stereocenters. The topological polar surface area (TPSA) is 77.8 Å². The number of hydrogen-bond donors (Lipinski definition) is 2. The van der Waals surface area contributed by atoms with Gasteiger partial charge in [-0.2, -0.15) is 0 Å². The Morgan fingerprint density at radius 3 is 2.64 bits per heavy atom. The number of phenolic OH excluding ortho intramolecular Hbond substituents is 1. The highest BCUT2D eigenvalue weighted by molar-refractivity contribution is 6.00. The third-order valence-electron chi connectivity index (χ3n) is 3.85. The van der Waals surface area contributed by atoms with E-state index in [9.17, 15) is 19.8 Å². The third-order valence-corrected chi connectivity index (χ3v) is 3.85. The standard InChI is InChI=1S/C17H15NO4/c19-13-6-3-4-11(8-13)9-15(17(21)22)18-10-12-5-1-2-7-14(12)16(18)20/h1-8,15,19H,9-10H2,(H,21,22)/t15-/m0/s1. The molecule has 1 aliphatic heterocycles. The van der Waals surface area contributed by atoms with Gasteiger partial charge in [0.25, 0.3) is 5.91 Å². The predicted octanol–water partition coefficient (Wildman–Crippen LogP) is 2.04. The van der Waals surface area contributed by atoms with E-state index in [1.54, 1.807) is 24.3 Å². The van der Waals surface area contributed by atoms with E-state index in [-0.39, 0.29) is 18.1 Å². The zero-order chi connectivity index (χ0) is 15.7. The van der Waals surface area contributed by atoms with Gasteiger partial charge in [0.05, 0.1) is 0 Å². The number of carboxylic acids is 1. The Balaban J connectivity index is 1.87. The Morgan fingerprint density at radius 1 is 1.18 bits per heavy atom. The van der Waals surface area contributed by atoms with Crippen molar-refractivity contribution in [3.8, 4) is 5.75 Å². The smallest absolute Gasteiger partial charge is 0.326 e. The minimum atomic E-state index is -1.05. The maximum absolute atomic E-state index is 12.4. The molecule has 0 bridgehead atoms. The molecule has 1 amide bonds. The molecule has 0 fully saturated rings. The number of rotatable bonds is 4. The molecule has 2 aromatic carbocycles. The molecule has 1 aliphatic rings. The van der Waals surface area contributed by atoms with Gasteiger partial charge in [0.15, 0.2) is 0 Å². The fourth-order valence-electron chi connectivity index (χ4n) is 2.77. The number of carboxylic acid groups (broad SMARTS) is 1. The lowest BCUT2D eigenvalue weighted by molar-refractivity contribution is -0.142. The van der Waals surface area contributed by atoms with Crippen molar-refractivity contribution in [1.82, 2.24) is 4.90 Å². The maximum atomic E-state index is 12.4. The van der Waals surface area contributed by atoms with Crippen LogP contribution in [0, 0.1) is 0 Å². The van der Waals surface area contributed by atoms with Gasteiger partial charge < -0.3 is 15.1 Å². The van der Waals surface area contributed by atoms with Crippen LogP contribution >= 0.6 is 0 Å². The van der Waals surface area contributed by atoms with Gasteiger partial charge in [0.2, 0.25) is 0 Å². The van der Waals surface area contributed by atoms with Crippen LogP contribution in [0.2, 0.25) is 0 Å². The second-order valence-corrected chi connectivity index (χ2v) is 5.32. The Bertz CT molecular complexity index is 741. The number of fused-ring (bicyclic) bond motifs is 1. The van der Waals surface area contributed by atoms with Crippen LogP contribution in [-0.2, 0) is 17.8 Å². The van der Waals surface area contributed by atoms with Gasteiger partial charge in [-0.3, -0.25) is 4.79 Å². The number of carbonyl (C=O) groups excluding carboxylic acids is 1. The first-order chi connectivity index (χ1) is 10.6. The Morgan fingerprint density at radius 2 is 1.95 bits per heavy atom. The lowest BCUT2D eigenvalue weighted by Gasteiger charge is -2.24. The SMILES string of the molecule is O=C(O)[C@H](Cc1cccc(O)c1)N1Cc2ccccc2C1=O. The van der Waals surface area contributed by atoms with Crippen LogP contribution in [0.1, 0.15) is 21.5 Å². The summed E-state index contributed by atoms with van der Waals surface area (Å²) in [5.41, 5.74) is 2.08.